The number of hydrogen-bond donors (Lipinski definition) is 1. The Hall–Kier alpha value is -1.53. The van der Waals surface area contributed by atoms with Crippen LogP contribution in [0.3, 0.4) is 0 Å². The molecule has 1 aliphatic heterocycles. The minimum atomic E-state index is 0.410. The fraction of sp³-hybridized carbons (Fsp3) is 0.500. The van der Waals surface area contributed by atoms with Crippen LogP contribution in [0.1, 0.15) is 25.3 Å². The second kappa shape index (κ2) is 5.20. The van der Waals surface area contributed by atoms with Crippen molar-refractivity contribution in [3.63, 3.8) is 0 Å². The molecule has 0 saturated carbocycles. The first-order valence-electron chi connectivity index (χ1n) is 6.21. The molecule has 0 bridgehead atoms. The van der Waals surface area contributed by atoms with Crippen molar-refractivity contribution in [1.82, 2.24) is 0 Å². The van der Waals surface area contributed by atoms with Crippen LogP contribution in [0.2, 0.25) is 0 Å². The van der Waals surface area contributed by atoms with Gasteiger partial charge in [-0.2, -0.15) is 5.26 Å². The van der Waals surface area contributed by atoms with Crippen LogP contribution in [0.5, 0.6) is 0 Å². The molecule has 1 aromatic carbocycles. The lowest BCUT2D eigenvalue weighted by atomic mass is 9.92. The molecule has 0 spiro atoms. The molecule has 1 fully saturated rings. The lowest BCUT2D eigenvalue weighted by Gasteiger charge is -2.39. The van der Waals surface area contributed by atoms with Gasteiger partial charge in [0, 0.05) is 24.8 Å². The molecule has 2 atom stereocenters. The SMILES string of the molecule is CC1CCN(c2cccc(C#N)c2)C(CN)C1. The molecule has 1 aliphatic rings. The predicted molar refractivity (Wildman–Crippen MR) is 69.7 cm³/mol. The Kier molecular flexibility index (Phi) is 3.65. The topological polar surface area (TPSA) is 53.0 Å². The van der Waals surface area contributed by atoms with Gasteiger partial charge in [0.15, 0.2) is 0 Å². The fourth-order valence-corrected chi connectivity index (χ4v) is 2.57. The molecule has 1 aromatic rings. The molecule has 3 nitrogen and oxygen atoms in total. The largest absolute Gasteiger partial charge is 0.367 e. The maximum atomic E-state index is 8.93. The Morgan fingerprint density at radius 2 is 2.35 bits per heavy atom. The van der Waals surface area contributed by atoms with Crippen molar-refractivity contribution in [3.8, 4) is 6.07 Å². The zero-order chi connectivity index (χ0) is 12.3. The van der Waals surface area contributed by atoms with Crippen molar-refractivity contribution in [2.75, 3.05) is 18.0 Å². The average molecular weight is 229 g/mol. The highest BCUT2D eigenvalue weighted by Gasteiger charge is 2.25. The van der Waals surface area contributed by atoms with Gasteiger partial charge in [0.05, 0.1) is 11.6 Å². The second-order valence-corrected chi connectivity index (χ2v) is 4.87. The lowest BCUT2D eigenvalue weighted by molar-refractivity contribution is 0.367. The second-order valence-electron chi connectivity index (χ2n) is 4.87. The van der Waals surface area contributed by atoms with E-state index in [1.807, 2.05) is 18.2 Å². The summed E-state index contributed by atoms with van der Waals surface area (Å²) in [6.07, 6.45) is 2.35. The van der Waals surface area contributed by atoms with Crippen LogP contribution in [-0.2, 0) is 0 Å². The normalized spacial score (nSPS) is 24.4. The number of piperidine rings is 1. The van der Waals surface area contributed by atoms with E-state index in [0.717, 1.165) is 30.1 Å². The molecule has 90 valence electrons. The number of benzene rings is 1. The molecular formula is C14H19N3. The molecule has 0 aliphatic carbocycles. The van der Waals surface area contributed by atoms with Crippen LogP contribution in [-0.4, -0.2) is 19.1 Å². The van der Waals surface area contributed by atoms with Crippen LogP contribution >= 0.6 is 0 Å². The van der Waals surface area contributed by atoms with Crippen LogP contribution in [0, 0.1) is 17.2 Å². The number of nitriles is 1. The average Bonchev–Trinajstić information content (AvgIpc) is 2.38. The predicted octanol–water partition coefficient (Wildman–Crippen LogP) is 2.12. The molecule has 2 N–H and O–H groups in total. The van der Waals surface area contributed by atoms with Crippen molar-refractivity contribution in [1.29, 1.82) is 5.26 Å². The highest BCUT2D eigenvalue weighted by molar-refractivity contribution is 5.52. The number of anilines is 1. The summed E-state index contributed by atoms with van der Waals surface area (Å²) >= 11 is 0. The molecule has 17 heavy (non-hydrogen) atoms. The van der Waals surface area contributed by atoms with Crippen LogP contribution in [0.25, 0.3) is 0 Å². The van der Waals surface area contributed by atoms with Gasteiger partial charge in [-0.15, -0.1) is 0 Å². The monoisotopic (exact) mass is 229 g/mol. The van der Waals surface area contributed by atoms with Crippen molar-refractivity contribution >= 4 is 5.69 Å². The van der Waals surface area contributed by atoms with E-state index >= 15 is 0 Å². The molecule has 1 saturated heterocycles. The molecule has 0 aromatic heterocycles. The number of hydrogen-bond acceptors (Lipinski definition) is 3. The van der Waals surface area contributed by atoms with Gasteiger partial charge in [-0.25, -0.2) is 0 Å². The zero-order valence-electron chi connectivity index (χ0n) is 10.3. The first-order valence-corrected chi connectivity index (χ1v) is 6.21. The van der Waals surface area contributed by atoms with Crippen molar-refractivity contribution in [3.05, 3.63) is 29.8 Å². The van der Waals surface area contributed by atoms with Gasteiger partial charge < -0.3 is 10.6 Å². The first-order chi connectivity index (χ1) is 8.24. The van der Waals surface area contributed by atoms with E-state index < -0.39 is 0 Å². The standard InChI is InChI=1S/C14H19N3/c1-11-5-6-17(14(7-11)10-16)13-4-2-3-12(8-13)9-15/h2-4,8,11,14H,5-7,10,16H2,1H3. The van der Waals surface area contributed by atoms with E-state index in [1.165, 1.54) is 6.42 Å². The Bertz CT molecular complexity index is 422. The summed E-state index contributed by atoms with van der Waals surface area (Å²) in [7, 11) is 0. The summed E-state index contributed by atoms with van der Waals surface area (Å²) in [5, 5.41) is 8.93. The molecule has 0 amide bonds. The van der Waals surface area contributed by atoms with E-state index in [-0.39, 0.29) is 0 Å². The van der Waals surface area contributed by atoms with Crippen LogP contribution in [0.15, 0.2) is 24.3 Å². The summed E-state index contributed by atoms with van der Waals surface area (Å²) in [4.78, 5) is 2.35. The van der Waals surface area contributed by atoms with Gasteiger partial charge in [-0.3, -0.25) is 0 Å². The molecule has 2 rings (SSSR count). The summed E-state index contributed by atoms with van der Waals surface area (Å²) in [6, 6.07) is 10.4. The maximum Gasteiger partial charge on any atom is 0.0992 e. The molecular weight excluding hydrogens is 210 g/mol. The zero-order valence-corrected chi connectivity index (χ0v) is 10.3. The van der Waals surface area contributed by atoms with Gasteiger partial charge in [0.2, 0.25) is 0 Å². The lowest BCUT2D eigenvalue weighted by Crippen LogP contribution is -2.46. The Morgan fingerprint density at radius 3 is 3.06 bits per heavy atom. The van der Waals surface area contributed by atoms with E-state index in [1.54, 1.807) is 0 Å². The third-order valence-corrected chi connectivity index (χ3v) is 3.56. The number of rotatable bonds is 2. The molecule has 0 radical (unpaired) electrons. The fourth-order valence-electron chi connectivity index (χ4n) is 2.57. The van der Waals surface area contributed by atoms with Crippen LogP contribution in [0.4, 0.5) is 5.69 Å². The quantitative estimate of drug-likeness (QED) is 0.845. The van der Waals surface area contributed by atoms with Gasteiger partial charge >= 0.3 is 0 Å². The van der Waals surface area contributed by atoms with Gasteiger partial charge in [0.1, 0.15) is 0 Å². The Balaban J connectivity index is 2.22. The summed E-state index contributed by atoms with van der Waals surface area (Å²) in [6.45, 7) is 4.00. The van der Waals surface area contributed by atoms with E-state index in [0.29, 0.717) is 12.6 Å². The molecule has 2 unspecified atom stereocenters. The molecule has 3 heteroatoms. The van der Waals surface area contributed by atoms with E-state index in [2.05, 4.69) is 24.0 Å². The van der Waals surface area contributed by atoms with Crippen LogP contribution < -0.4 is 10.6 Å². The third-order valence-electron chi connectivity index (χ3n) is 3.56. The Labute approximate surface area is 103 Å². The summed E-state index contributed by atoms with van der Waals surface area (Å²) in [5.74, 6) is 0.749. The number of nitrogens with two attached hydrogens (primary N) is 1. The van der Waals surface area contributed by atoms with Gasteiger partial charge in [-0.1, -0.05) is 13.0 Å². The van der Waals surface area contributed by atoms with Crippen molar-refractivity contribution in [2.24, 2.45) is 11.7 Å². The highest BCUT2D eigenvalue weighted by Crippen LogP contribution is 2.27. The van der Waals surface area contributed by atoms with Gasteiger partial charge in [-0.05, 0) is 37.0 Å². The number of nitrogens with zero attached hydrogens (tertiary/aromatic N) is 2. The van der Waals surface area contributed by atoms with E-state index in [4.69, 9.17) is 11.0 Å². The smallest absolute Gasteiger partial charge is 0.0992 e. The minimum Gasteiger partial charge on any atom is -0.367 e. The minimum absolute atomic E-state index is 0.410. The first kappa shape index (κ1) is 11.9. The van der Waals surface area contributed by atoms with E-state index in [9.17, 15) is 0 Å². The van der Waals surface area contributed by atoms with Gasteiger partial charge in [0.25, 0.3) is 0 Å². The van der Waals surface area contributed by atoms with Crippen molar-refractivity contribution < 1.29 is 0 Å². The van der Waals surface area contributed by atoms with Crippen molar-refractivity contribution in [2.45, 2.75) is 25.8 Å². The molecule has 1 heterocycles. The third kappa shape index (κ3) is 2.59. The Morgan fingerprint density at radius 1 is 1.53 bits per heavy atom. The maximum absolute atomic E-state index is 8.93. The highest BCUT2D eigenvalue weighted by atomic mass is 15.2. The summed E-state index contributed by atoms with van der Waals surface area (Å²) in [5.41, 5.74) is 7.71. The summed E-state index contributed by atoms with van der Waals surface area (Å²) < 4.78 is 0.